The molecule has 0 fully saturated rings. The molecule has 5 heteroatoms. The lowest BCUT2D eigenvalue weighted by molar-refractivity contribution is -0.135. The molecule has 2 unspecified atom stereocenters. The second kappa shape index (κ2) is 7.62. The standard InChI is InChI=1S/C10H22N2O3/c1-8(4-5-11)10(14)12(2)6-9(13)7-15-3/h8-9,13H,4-7,11H2,1-3H3. The maximum absolute atomic E-state index is 11.7. The zero-order valence-electron chi connectivity index (χ0n) is 9.77. The molecule has 15 heavy (non-hydrogen) atoms. The summed E-state index contributed by atoms with van der Waals surface area (Å²) in [5.74, 6) is -0.0784. The molecule has 1 amide bonds. The van der Waals surface area contributed by atoms with Crippen molar-refractivity contribution in [3.8, 4) is 0 Å². The molecule has 0 saturated carbocycles. The number of nitrogens with zero attached hydrogens (tertiary/aromatic N) is 1. The Morgan fingerprint density at radius 2 is 2.20 bits per heavy atom. The SMILES string of the molecule is COCC(O)CN(C)C(=O)C(C)CCN. The Morgan fingerprint density at radius 3 is 2.67 bits per heavy atom. The number of carbonyl (C=O) groups excluding carboxylic acids is 1. The predicted molar refractivity (Wildman–Crippen MR) is 58.4 cm³/mol. The van der Waals surface area contributed by atoms with Crippen LogP contribution >= 0.6 is 0 Å². The molecule has 0 aliphatic heterocycles. The Balaban J connectivity index is 3.97. The average Bonchev–Trinajstić information content (AvgIpc) is 2.17. The number of hydrogen-bond donors (Lipinski definition) is 2. The molecule has 0 spiro atoms. The van der Waals surface area contributed by atoms with E-state index in [2.05, 4.69) is 0 Å². The van der Waals surface area contributed by atoms with E-state index in [9.17, 15) is 9.90 Å². The quantitative estimate of drug-likeness (QED) is 0.600. The van der Waals surface area contributed by atoms with Gasteiger partial charge in [-0.1, -0.05) is 6.92 Å². The van der Waals surface area contributed by atoms with Crippen molar-refractivity contribution >= 4 is 5.91 Å². The summed E-state index contributed by atoms with van der Waals surface area (Å²) in [7, 11) is 3.19. The van der Waals surface area contributed by atoms with E-state index in [4.69, 9.17) is 10.5 Å². The minimum atomic E-state index is -0.631. The van der Waals surface area contributed by atoms with Gasteiger partial charge < -0.3 is 20.5 Å². The summed E-state index contributed by atoms with van der Waals surface area (Å²) in [6.07, 6.45) is 0.0397. The number of nitrogens with two attached hydrogens (primary N) is 1. The van der Waals surface area contributed by atoms with Crippen LogP contribution < -0.4 is 5.73 Å². The van der Waals surface area contributed by atoms with Gasteiger partial charge >= 0.3 is 0 Å². The first-order chi connectivity index (χ1) is 7.02. The zero-order valence-corrected chi connectivity index (χ0v) is 9.77. The van der Waals surface area contributed by atoms with Crippen LogP contribution in [0.4, 0.5) is 0 Å². The van der Waals surface area contributed by atoms with Crippen LogP contribution in [0.1, 0.15) is 13.3 Å². The highest BCUT2D eigenvalue weighted by molar-refractivity contribution is 5.78. The number of aliphatic hydroxyl groups excluding tert-OH is 1. The molecule has 0 aromatic carbocycles. The van der Waals surface area contributed by atoms with Gasteiger partial charge in [0.05, 0.1) is 12.7 Å². The second-order valence-corrected chi connectivity index (χ2v) is 3.81. The molecule has 0 aromatic heterocycles. The molecule has 0 aliphatic rings. The maximum Gasteiger partial charge on any atom is 0.225 e. The molecule has 90 valence electrons. The topological polar surface area (TPSA) is 75.8 Å². The molecule has 0 heterocycles. The van der Waals surface area contributed by atoms with Crippen molar-refractivity contribution in [2.45, 2.75) is 19.4 Å². The summed E-state index contributed by atoms with van der Waals surface area (Å²) in [4.78, 5) is 13.2. The number of likely N-dealkylation sites (N-methyl/N-ethyl adjacent to an activating group) is 1. The molecule has 0 rings (SSSR count). The van der Waals surface area contributed by atoms with Crippen molar-refractivity contribution < 1.29 is 14.6 Å². The van der Waals surface area contributed by atoms with Gasteiger partial charge in [0.2, 0.25) is 5.91 Å². The van der Waals surface area contributed by atoms with E-state index in [1.807, 2.05) is 6.92 Å². The molecule has 2 atom stereocenters. The fourth-order valence-electron chi connectivity index (χ4n) is 1.40. The Kier molecular flexibility index (Phi) is 7.29. The molecule has 0 saturated heterocycles. The van der Waals surface area contributed by atoms with Crippen LogP contribution in [-0.2, 0) is 9.53 Å². The Morgan fingerprint density at radius 1 is 1.60 bits per heavy atom. The number of amides is 1. The van der Waals surface area contributed by atoms with Gasteiger partial charge in [0.1, 0.15) is 0 Å². The molecule has 3 N–H and O–H groups in total. The summed E-state index contributed by atoms with van der Waals surface area (Å²) in [6.45, 7) is 2.88. The molecule has 5 nitrogen and oxygen atoms in total. The Hall–Kier alpha value is -0.650. The molecule has 0 aromatic rings. The van der Waals surface area contributed by atoms with Crippen LogP contribution in [0.25, 0.3) is 0 Å². The van der Waals surface area contributed by atoms with Gasteiger partial charge in [-0.25, -0.2) is 0 Å². The first kappa shape index (κ1) is 14.3. The van der Waals surface area contributed by atoms with Gasteiger partial charge in [-0.2, -0.15) is 0 Å². The maximum atomic E-state index is 11.7. The van der Waals surface area contributed by atoms with Crippen LogP contribution in [0.5, 0.6) is 0 Å². The first-order valence-corrected chi connectivity index (χ1v) is 5.15. The third-order valence-electron chi connectivity index (χ3n) is 2.24. The Labute approximate surface area is 91.2 Å². The summed E-state index contributed by atoms with van der Waals surface area (Å²) < 4.78 is 4.78. The van der Waals surface area contributed by atoms with Crippen molar-refractivity contribution in [3.05, 3.63) is 0 Å². The lowest BCUT2D eigenvalue weighted by Crippen LogP contribution is -2.39. The van der Waals surface area contributed by atoms with E-state index in [0.29, 0.717) is 19.5 Å². The van der Waals surface area contributed by atoms with E-state index in [-0.39, 0.29) is 18.4 Å². The summed E-state index contributed by atoms with van der Waals surface area (Å²) in [6, 6.07) is 0. The zero-order chi connectivity index (χ0) is 11.8. The van der Waals surface area contributed by atoms with Crippen LogP contribution in [0, 0.1) is 5.92 Å². The van der Waals surface area contributed by atoms with E-state index < -0.39 is 6.10 Å². The number of aliphatic hydroxyl groups is 1. The minimum absolute atomic E-state index is 0.00982. The highest BCUT2D eigenvalue weighted by Crippen LogP contribution is 2.05. The van der Waals surface area contributed by atoms with Crippen LogP contribution in [0.2, 0.25) is 0 Å². The van der Waals surface area contributed by atoms with E-state index in [1.54, 1.807) is 7.05 Å². The third-order valence-corrected chi connectivity index (χ3v) is 2.24. The lowest BCUT2D eigenvalue weighted by atomic mass is 10.1. The number of rotatable bonds is 7. The number of methoxy groups -OCH3 is 1. The van der Waals surface area contributed by atoms with Gasteiger partial charge in [-0.05, 0) is 13.0 Å². The van der Waals surface area contributed by atoms with Gasteiger partial charge in [-0.15, -0.1) is 0 Å². The smallest absolute Gasteiger partial charge is 0.225 e. The van der Waals surface area contributed by atoms with Crippen LogP contribution in [0.3, 0.4) is 0 Å². The van der Waals surface area contributed by atoms with Crippen LogP contribution in [-0.4, -0.2) is 55.9 Å². The minimum Gasteiger partial charge on any atom is -0.389 e. The number of hydrogen-bond acceptors (Lipinski definition) is 4. The van der Waals surface area contributed by atoms with Crippen molar-refractivity contribution in [2.75, 3.05) is 33.9 Å². The fourth-order valence-corrected chi connectivity index (χ4v) is 1.40. The van der Waals surface area contributed by atoms with Crippen LogP contribution in [0.15, 0.2) is 0 Å². The summed E-state index contributed by atoms with van der Waals surface area (Å²) in [5, 5.41) is 9.44. The predicted octanol–water partition coefficient (Wildman–Crippen LogP) is -0.563. The normalized spacial score (nSPS) is 14.7. The van der Waals surface area contributed by atoms with E-state index in [1.165, 1.54) is 12.0 Å². The molecular weight excluding hydrogens is 196 g/mol. The number of carbonyl (C=O) groups is 1. The number of ether oxygens (including phenoxy) is 1. The van der Waals surface area contributed by atoms with Gasteiger partial charge in [-0.3, -0.25) is 4.79 Å². The third kappa shape index (κ3) is 5.71. The van der Waals surface area contributed by atoms with Crippen molar-refractivity contribution in [1.82, 2.24) is 4.90 Å². The molecule has 0 aliphatic carbocycles. The van der Waals surface area contributed by atoms with Gasteiger partial charge in [0.15, 0.2) is 0 Å². The van der Waals surface area contributed by atoms with Crippen molar-refractivity contribution in [3.63, 3.8) is 0 Å². The first-order valence-electron chi connectivity index (χ1n) is 5.15. The summed E-state index contributed by atoms with van der Waals surface area (Å²) in [5.41, 5.74) is 5.38. The lowest BCUT2D eigenvalue weighted by Gasteiger charge is -2.23. The fraction of sp³-hybridized carbons (Fsp3) is 0.900. The van der Waals surface area contributed by atoms with Crippen molar-refractivity contribution in [1.29, 1.82) is 0 Å². The average molecular weight is 218 g/mol. The highest BCUT2D eigenvalue weighted by atomic mass is 16.5. The molecule has 0 radical (unpaired) electrons. The monoisotopic (exact) mass is 218 g/mol. The summed E-state index contributed by atoms with van der Waals surface area (Å²) >= 11 is 0. The highest BCUT2D eigenvalue weighted by Gasteiger charge is 2.18. The van der Waals surface area contributed by atoms with E-state index in [0.717, 1.165) is 0 Å². The molecule has 0 bridgehead atoms. The van der Waals surface area contributed by atoms with Gasteiger partial charge in [0.25, 0.3) is 0 Å². The molecular formula is C10H22N2O3. The second-order valence-electron chi connectivity index (χ2n) is 3.81. The largest absolute Gasteiger partial charge is 0.389 e. The van der Waals surface area contributed by atoms with Crippen molar-refractivity contribution in [2.24, 2.45) is 11.7 Å². The Bertz CT molecular complexity index is 188. The van der Waals surface area contributed by atoms with E-state index >= 15 is 0 Å². The van der Waals surface area contributed by atoms with Gasteiger partial charge in [0, 0.05) is 26.6 Å².